The molecule has 0 spiro atoms. The van der Waals surface area contributed by atoms with Crippen molar-refractivity contribution < 1.29 is 50.9 Å². The molecule has 1 amide bonds. The Bertz CT molecular complexity index is 1540. The average molecular weight is 706 g/mol. The van der Waals surface area contributed by atoms with E-state index in [2.05, 4.69) is 44.4 Å². The van der Waals surface area contributed by atoms with Gasteiger partial charge in [-0.25, -0.2) is 19.6 Å². The molecule has 5 rings (SSSR count). The quantitative estimate of drug-likeness (QED) is 0.135. The van der Waals surface area contributed by atoms with E-state index < -0.39 is 24.3 Å². The number of halogens is 6. The molecular formula is C31H41F6N7O5. The van der Waals surface area contributed by atoms with Gasteiger partial charge in [0.2, 0.25) is 5.82 Å². The molecule has 272 valence electrons. The van der Waals surface area contributed by atoms with E-state index in [1.807, 2.05) is 17.0 Å². The zero-order chi connectivity index (χ0) is 37.1. The van der Waals surface area contributed by atoms with Crippen LogP contribution in [0.15, 0.2) is 18.2 Å². The van der Waals surface area contributed by atoms with Gasteiger partial charge in [0, 0.05) is 30.1 Å². The number of carboxylic acid groups (broad SMARTS) is 2. The molecule has 1 saturated heterocycles. The molecule has 18 heteroatoms. The van der Waals surface area contributed by atoms with Gasteiger partial charge in [0.15, 0.2) is 5.96 Å². The van der Waals surface area contributed by atoms with E-state index in [0.29, 0.717) is 5.82 Å². The van der Waals surface area contributed by atoms with Gasteiger partial charge >= 0.3 is 24.3 Å². The smallest absolute Gasteiger partial charge is 0.475 e. The van der Waals surface area contributed by atoms with Crippen molar-refractivity contribution in [3.05, 3.63) is 29.6 Å². The summed E-state index contributed by atoms with van der Waals surface area (Å²) in [5, 5.41) is 29.6. The molecule has 49 heavy (non-hydrogen) atoms. The highest BCUT2D eigenvalue weighted by molar-refractivity contribution is 5.97. The summed E-state index contributed by atoms with van der Waals surface area (Å²) >= 11 is 0. The molecule has 3 aliphatic rings. The number of carbonyl (C=O) groups is 3. The zero-order valence-electron chi connectivity index (χ0n) is 27.4. The van der Waals surface area contributed by atoms with Crippen LogP contribution in [-0.2, 0) is 9.59 Å². The van der Waals surface area contributed by atoms with Gasteiger partial charge in [-0.15, -0.1) is 0 Å². The molecule has 2 heterocycles. The highest BCUT2D eigenvalue weighted by Crippen LogP contribution is 2.52. The number of nitrogens with two attached hydrogens (primary N) is 1. The number of alkyl halides is 6. The van der Waals surface area contributed by atoms with Crippen LogP contribution in [0.1, 0.15) is 81.9 Å². The summed E-state index contributed by atoms with van der Waals surface area (Å²) in [5.41, 5.74) is 7.95. The van der Waals surface area contributed by atoms with Crippen molar-refractivity contribution >= 4 is 40.5 Å². The average Bonchev–Trinajstić information content (AvgIpc) is 3.21. The normalized spacial score (nSPS) is 24.4. The molecule has 2 aromatic rings. The Kier molecular flexibility index (Phi) is 11.7. The van der Waals surface area contributed by atoms with Crippen molar-refractivity contribution in [2.24, 2.45) is 16.6 Å². The number of aromatic nitrogens is 2. The second-order valence-electron chi connectivity index (χ2n) is 13.9. The SMILES string of the molecule is Cc1ccc2nc(C(=O)N3CC4(C)CC3CC(C)(C)C4)nc(NC3CCCCC3NC(=N)N)c2c1.O=C(O)C(F)(F)F.O=C(O)C(F)(F)F. The lowest BCUT2D eigenvalue weighted by Gasteiger charge is -2.39. The highest BCUT2D eigenvalue weighted by atomic mass is 19.4. The predicted molar refractivity (Wildman–Crippen MR) is 167 cm³/mol. The van der Waals surface area contributed by atoms with Gasteiger partial charge in [-0.1, -0.05) is 45.2 Å². The van der Waals surface area contributed by atoms with Crippen LogP contribution in [0, 0.1) is 23.2 Å². The van der Waals surface area contributed by atoms with Gasteiger partial charge in [0.25, 0.3) is 5.91 Å². The number of nitrogens with zero attached hydrogens (tertiary/aromatic N) is 3. The maximum Gasteiger partial charge on any atom is 0.490 e. The first kappa shape index (κ1) is 39.1. The maximum absolute atomic E-state index is 13.8. The van der Waals surface area contributed by atoms with Crippen LogP contribution in [0.4, 0.5) is 32.2 Å². The second kappa shape index (κ2) is 14.6. The molecule has 3 fully saturated rings. The summed E-state index contributed by atoms with van der Waals surface area (Å²) in [7, 11) is 0. The van der Waals surface area contributed by atoms with Gasteiger partial charge in [-0.05, 0) is 62.0 Å². The standard InChI is InChI=1S/C27H39N7O.2C2HF3O2/c1-16-9-10-19-18(11-16)22(31-20-7-5-6-8-21(20)32-25(28)29)33-23(30-19)24(35)34-15-27(4)13-17(34)12-26(2,3)14-27;2*3-2(4,5)1(6)7/h9-11,17,20-21H,5-8,12-15H2,1-4H3,(H4,28,29,32)(H,30,31,33);2*(H,6,7). The third-order valence-electron chi connectivity index (χ3n) is 8.63. The fourth-order valence-electron chi connectivity index (χ4n) is 7.13. The molecule has 1 aromatic heterocycles. The molecule has 2 bridgehead atoms. The van der Waals surface area contributed by atoms with Crippen LogP contribution >= 0.6 is 0 Å². The summed E-state index contributed by atoms with van der Waals surface area (Å²) in [6.07, 6.45) is -2.86. The van der Waals surface area contributed by atoms with E-state index >= 15 is 0 Å². The van der Waals surface area contributed by atoms with Crippen molar-refractivity contribution in [1.29, 1.82) is 5.41 Å². The lowest BCUT2D eigenvalue weighted by Crippen LogP contribution is -2.50. The third kappa shape index (κ3) is 10.6. The lowest BCUT2D eigenvalue weighted by atomic mass is 9.65. The Labute approximate surface area is 278 Å². The van der Waals surface area contributed by atoms with Crippen LogP contribution in [0.3, 0.4) is 0 Å². The minimum atomic E-state index is -5.08. The van der Waals surface area contributed by atoms with E-state index in [-0.39, 0.29) is 46.6 Å². The molecule has 4 unspecified atom stereocenters. The van der Waals surface area contributed by atoms with Gasteiger partial charge in [-0.3, -0.25) is 10.2 Å². The number of benzene rings is 1. The first-order valence-electron chi connectivity index (χ1n) is 15.5. The van der Waals surface area contributed by atoms with Gasteiger partial charge in [0.05, 0.1) is 5.52 Å². The second-order valence-corrected chi connectivity index (χ2v) is 13.9. The first-order valence-corrected chi connectivity index (χ1v) is 15.5. The third-order valence-corrected chi connectivity index (χ3v) is 8.63. The number of amides is 1. The molecule has 7 N–H and O–H groups in total. The fraction of sp³-hybridized carbons (Fsp3) is 0.613. The number of aliphatic carboxylic acids is 2. The predicted octanol–water partition coefficient (Wildman–Crippen LogP) is 5.45. The fourth-order valence-corrected chi connectivity index (χ4v) is 7.13. The number of carbonyl (C=O) groups excluding carboxylic acids is 1. The molecule has 0 radical (unpaired) electrons. The number of nitrogens with one attached hydrogen (secondary N) is 3. The molecular weight excluding hydrogens is 664 g/mol. The summed E-state index contributed by atoms with van der Waals surface area (Å²) in [6.45, 7) is 9.77. The summed E-state index contributed by atoms with van der Waals surface area (Å²) in [5.74, 6) is -4.63. The van der Waals surface area contributed by atoms with Crippen LogP contribution in [0.5, 0.6) is 0 Å². The van der Waals surface area contributed by atoms with Crippen molar-refractivity contribution in [1.82, 2.24) is 20.2 Å². The largest absolute Gasteiger partial charge is 0.490 e. The van der Waals surface area contributed by atoms with E-state index in [9.17, 15) is 31.1 Å². The van der Waals surface area contributed by atoms with Crippen LogP contribution < -0.4 is 16.4 Å². The molecule has 2 aliphatic carbocycles. The Balaban J connectivity index is 0.000000392. The Morgan fingerprint density at radius 1 is 0.959 bits per heavy atom. The Morgan fingerprint density at radius 2 is 1.51 bits per heavy atom. The zero-order valence-corrected chi connectivity index (χ0v) is 27.4. The minimum Gasteiger partial charge on any atom is -0.475 e. The Morgan fingerprint density at radius 3 is 2.04 bits per heavy atom. The number of rotatable bonds is 4. The molecule has 4 atom stereocenters. The summed E-state index contributed by atoms with van der Waals surface area (Å²) < 4.78 is 63.5. The number of hydrogen-bond donors (Lipinski definition) is 6. The van der Waals surface area contributed by atoms with Crippen LogP contribution in [0.2, 0.25) is 0 Å². The lowest BCUT2D eigenvalue weighted by molar-refractivity contribution is -0.193. The Hall–Kier alpha value is -4.38. The number of anilines is 1. The topological polar surface area (TPSA) is 195 Å². The van der Waals surface area contributed by atoms with Crippen molar-refractivity contribution in [3.8, 4) is 0 Å². The number of carboxylic acids is 2. The van der Waals surface area contributed by atoms with E-state index in [4.69, 9.17) is 40.9 Å². The van der Waals surface area contributed by atoms with Gasteiger partial charge in [0.1, 0.15) is 5.82 Å². The number of guanidine groups is 1. The maximum atomic E-state index is 13.8. The van der Waals surface area contributed by atoms with E-state index in [1.54, 1.807) is 0 Å². The van der Waals surface area contributed by atoms with Gasteiger partial charge in [-0.2, -0.15) is 26.3 Å². The number of fused-ring (bicyclic) bond motifs is 3. The first-order chi connectivity index (χ1) is 22.4. The number of likely N-dealkylation sites (tertiary alicyclic amines) is 1. The molecule has 1 aliphatic heterocycles. The number of hydrogen-bond acceptors (Lipinski definition) is 7. The van der Waals surface area contributed by atoms with Crippen molar-refractivity contribution in [2.45, 2.75) is 103 Å². The number of aryl methyl sites for hydroxylation is 1. The molecule has 12 nitrogen and oxygen atoms in total. The monoisotopic (exact) mass is 705 g/mol. The highest BCUT2D eigenvalue weighted by Gasteiger charge is 2.51. The minimum absolute atomic E-state index is 0.0143. The van der Waals surface area contributed by atoms with Crippen molar-refractivity contribution in [2.75, 3.05) is 11.9 Å². The van der Waals surface area contributed by atoms with E-state index in [0.717, 1.165) is 68.0 Å². The van der Waals surface area contributed by atoms with Crippen molar-refractivity contribution in [3.63, 3.8) is 0 Å². The molecule has 2 saturated carbocycles. The van der Waals surface area contributed by atoms with Gasteiger partial charge < -0.3 is 31.5 Å². The summed E-state index contributed by atoms with van der Waals surface area (Å²) in [4.78, 5) is 43.2. The molecule has 1 aromatic carbocycles. The summed E-state index contributed by atoms with van der Waals surface area (Å²) in [6, 6.07) is 6.45. The van der Waals surface area contributed by atoms with E-state index in [1.165, 1.54) is 0 Å². The van der Waals surface area contributed by atoms with Crippen LogP contribution in [-0.4, -0.2) is 85.9 Å². The van der Waals surface area contributed by atoms with Crippen LogP contribution in [0.25, 0.3) is 10.9 Å².